The van der Waals surface area contributed by atoms with E-state index in [1.54, 1.807) is 6.92 Å². The predicted octanol–water partition coefficient (Wildman–Crippen LogP) is 1.62. The van der Waals surface area contributed by atoms with Crippen molar-refractivity contribution in [2.45, 2.75) is 27.7 Å². The Hall–Kier alpha value is -0.860. The van der Waals surface area contributed by atoms with E-state index in [4.69, 9.17) is 4.84 Å². The molecule has 3 heteroatoms. The van der Waals surface area contributed by atoms with E-state index in [9.17, 15) is 4.79 Å². The summed E-state index contributed by atoms with van der Waals surface area (Å²) in [6.07, 6.45) is 1.51. The van der Waals surface area contributed by atoms with E-state index < -0.39 is 0 Å². The van der Waals surface area contributed by atoms with Crippen molar-refractivity contribution < 1.29 is 9.63 Å². The molecule has 0 aromatic carbocycles. The molecule has 64 valence electrons. The Morgan fingerprint density at radius 2 is 2.09 bits per heavy atom. The molecule has 0 heterocycles. The minimum atomic E-state index is -0.330. The van der Waals surface area contributed by atoms with E-state index in [0.29, 0.717) is 0 Å². The van der Waals surface area contributed by atoms with E-state index in [2.05, 4.69) is 5.16 Å². The number of nitrogens with zero attached hydrogens (tertiary/aromatic N) is 1. The molecule has 0 atom stereocenters. The predicted molar refractivity (Wildman–Crippen MR) is 44.6 cm³/mol. The topological polar surface area (TPSA) is 38.7 Å². The minimum Gasteiger partial charge on any atom is -0.388 e. The molecule has 0 saturated carbocycles. The van der Waals surface area contributed by atoms with E-state index in [1.807, 2.05) is 20.8 Å². The summed E-state index contributed by atoms with van der Waals surface area (Å²) in [6.45, 7) is 7.37. The van der Waals surface area contributed by atoms with Gasteiger partial charge in [0.1, 0.15) is 0 Å². The van der Waals surface area contributed by atoms with Crippen LogP contribution in [-0.4, -0.2) is 18.6 Å². The number of carbonyl (C=O) groups is 1. The number of oxime groups is 1. The van der Waals surface area contributed by atoms with Gasteiger partial charge in [-0.05, 0) is 6.92 Å². The normalized spacial score (nSPS) is 12.0. The molecule has 0 bridgehead atoms. The first-order valence-corrected chi connectivity index (χ1v) is 3.61. The SMILES string of the molecule is CC=NOCC(=O)C(C)(C)C. The third kappa shape index (κ3) is 4.53. The molecule has 0 aromatic heterocycles. The number of Topliss-reactive ketones (excluding diaryl/α,β-unsaturated/α-hetero) is 1. The second-order valence-corrected chi connectivity index (χ2v) is 3.31. The first-order valence-electron chi connectivity index (χ1n) is 3.61. The molecule has 11 heavy (non-hydrogen) atoms. The Morgan fingerprint density at radius 3 is 2.45 bits per heavy atom. The van der Waals surface area contributed by atoms with Crippen LogP contribution in [0.25, 0.3) is 0 Å². The van der Waals surface area contributed by atoms with Crippen LogP contribution in [0.4, 0.5) is 0 Å². The average molecular weight is 157 g/mol. The van der Waals surface area contributed by atoms with E-state index >= 15 is 0 Å². The molecule has 0 aliphatic carbocycles. The fourth-order valence-corrected chi connectivity index (χ4v) is 0.387. The molecular formula is C8H15NO2. The van der Waals surface area contributed by atoms with Crippen LogP contribution in [0.3, 0.4) is 0 Å². The molecule has 0 rings (SSSR count). The molecule has 0 aliphatic heterocycles. The van der Waals surface area contributed by atoms with Crippen LogP contribution in [-0.2, 0) is 9.63 Å². The van der Waals surface area contributed by atoms with Gasteiger partial charge in [0, 0.05) is 11.6 Å². The van der Waals surface area contributed by atoms with Gasteiger partial charge in [-0.2, -0.15) is 0 Å². The quantitative estimate of drug-likeness (QED) is 0.461. The summed E-state index contributed by atoms with van der Waals surface area (Å²) in [5, 5.41) is 3.48. The zero-order valence-electron chi connectivity index (χ0n) is 7.55. The van der Waals surface area contributed by atoms with Gasteiger partial charge in [0.05, 0.1) is 0 Å². The second kappa shape index (κ2) is 4.11. The van der Waals surface area contributed by atoms with Crippen LogP contribution in [0.5, 0.6) is 0 Å². The van der Waals surface area contributed by atoms with Gasteiger partial charge in [0.2, 0.25) is 0 Å². The smallest absolute Gasteiger partial charge is 0.178 e. The number of hydrogen-bond acceptors (Lipinski definition) is 3. The van der Waals surface area contributed by atoms with Crippen LogP contribution < -0.4 is 0 Å². The summed E-state index contributed by atoms with van der Waals surface area (Å²) >= 11 is 0. The lowest BCUT2D eigenvalue weighted by molar-refractivity contribution is -0.130. The van der Waals surface area contributed by atoms with Gasteiger partial charge in [-0.3, -0.25) is 4.79 Å². The Labute approximate surface area is 67.4 Å². The summed E-state index contributed by atoms with van der Waals surface area (Å²) in [6, 6.07) is 0. The Morgan fingerprint density at radius 1 is 1.55 bits per heavy atom. The highest BCUT2D eigenvalue weighted by atomic mass is 16.6. The maximum atomic E-state index is 11.1. The van der Waals surface area contributed by atoms with Crippen molar-refractivity contribution >= 4 is 12.0 Å². The van der Waals surface area contributed by atoms with Gasteiger partial charge in [0.15, 0.2) is 12.4 Å². The van der Waals surface area contributed by atoms with Crippen LogP contribution in [0.1, 0.15) is 27.7 Å². The summed E-state index contributed by atoms with van der Waals surface area (Å²) in [7, 11) is 0. The highest BCUT2D eigenvalue weighted by molar-refractivity contribution is 5.84. The molecule has 0 saturated heterocycles. The minimum absolute atomic E-state index is 0.0584. The lowest BCUT2D eigenvalue weighted by atomic mass is 9.91. The van der Waals surface area contributed by atoms with Gasteiger partial charge in [-0.15, -0.1) is 0 Å². The Kier molecular flexibility index (Phi) is 3.79. The molecule has 0 radical (unpaired) electrons. The molecular weight excluding hydrogens is 142 g/mol. The first-order chi connectivity index (χ1) is 4.98. The maximum absolute atomic E-state index is 11.1. The molecule has 0 fully saturated rings. The lowest BCUT2D eigenvalue weighted by Crippen LogP contribution is -2.24. The molecule has 0 aromatic rings. The molecule has 0 aliphatic rings. The third-order valence-corrected chi connectivity index (χ3v) is 1.21. The largest absolute Gasteiger partial charge is 0.388 e. The van der Waals surface area contributed by atoms with Gasteiger partial charge >= 0.3 is 0 Å². The van der Waals surface area contributed by atoms with Gasteiger partial charge in [0.25, 0.3) is 0 Å². The monoisotopic (exact) mass is 157 g/mol. The fraction of sp³-hybridized carbons (Fsp3) is 0.750. The van der Waals surface area contributed by atoms with Crippen LogP contribution in [0.2, 0.25) is 0 Å². The average Bonchev–Trinajstić information content (AvgIpc) is 1.86. The molecule has 0 spiro atoms. The summed E-state index contributed by atoms with van der Waals surface area (Å²) < 4.78 is 0. The summed E-state index contributed by atoms with van der Waals surface area (Å²) in [5.41, 5.74) is -0.330. The standard InChI is InChI=1S/C8H15NO2/c1-5-9-11-6-7(10)8(2,3)4/h5H,6H2,1-4H3. The summed E-state index contributed by atoms with van der Waals surface area (Å²) in [5.74, 6) is 0.0584. The van der Waals surface area contributed by atoms with Crippen LogP contribution >= 0.6 is 0 Å². The van der Waals surface area contributed by atoms with Gasteiger partial charge in [-0.25, -0.2) is 0 Å². The fourth-order valence-electron chi connectivity index (χ4n) is 0.387. The second-order valence-electron chi connectivity index (χ2n) is 3.31. The van der Waals surface area contributed by atoms with Crippen molar-refractivity contribution in [3.05, 3.63) is 0 Å². The highest BCUT2D eigenvalue weighted by Gasteiger charge is 2.21. The number of carbonyl (C=O) groups excluding carboxylic acids is 1. The van der Waals surface area contributed by atoms with E-state index in [0.717, 1.165) is 0 Å². The summed E-state index contributed by atoms with van der Waals surface area (Å²) in [4.78, 5) is 15.8. The zero-order chi connectivity index (χ0) is 8.91. The zero-order valence-corrected chi connectivity index (χ0v) is 7.55. The first kappa shape index (κ1) is 10.1. The maximum Gasteiger partial charge on any atom is 0.178 e. The van der Waals surface area contributed by atoms with Gasteiger partial charge < -0.3 is 4.84 Å². The Balaban J connectivity index is 3.71. The molecule has 0 amide bonds. The van der Waals surface area contributed by atoms with E-state index in [-0.39, 0.29) is 17.8 Å². The highest BCUT2D eigenvalue weighted by Crippen LogP contribution is 2.14. The van der Waals surface area contributed by atoms with Crippen LogP contribution in [0.15, 0.2) is 5.16 Å². The Bertz CT molecular complexity index is 156. The van der Waals surface area contributed by atoms with Crippen molar-refractivity contribution in [1.82, 2.24) is 0 Å². The van der Waals surface area contributed by atoms with Crippen molar-refractivity contribution in [3.63, 3.8) is 0 Å². The van der Waals surface area contributed by atoms with Crippen molar-refractivity contribution in [1.29, 1.82) is 0 Å². The lowest BCUT2D eigenvalue weighted by Gasteiger charge is -2.14. The van der Waals surface area contributed by atoms with Crippen molar-refractivity contribution in [3.8, 4) is 0 Å². The van der Waals surface area contributed by atoms with Crippen LogP contribution in [0, 0.1) is 5.41 Å². The third-order valence-electron chi connectivity index (χ3n) is 1.21. The number of ketones is 1. The van der Waals surface area contributed by atoms with Crippen molar-refractivity contribution in [2.75, 3.05) is 6.61 Å². The van der Waals surface area contributed by atoms with E-state index in [1.165, 1.54) is 6.21 Å². The number of rotatable bonds is 3. The molecule has 0 unspecified atom stereocenters. The van der Waals surface area contributed by atoms with Crippen molar-refractivity contribution in [2.24, 2.45) is 10.6 Å². The molecule has 0 N–H and O–H groups in total. The van der Waals surface area contributed by atoms with Gasteiger partial charge in [-0.1, -0.05) is 25.9 Å². The molecule has 3 nitrogen and oxygen atoms in total. The number of hydrogen-bond donors (Lipinski definition) is 0.